The Hall–Kier alpha value is -2.75. The molecule has 170 valence electrons. The van der Waals surface area contributed by atoms with Crippen LogP contribution in [-0.4, -0.2) is 29.1 Å². The van der Waals surface area contributed by atoms with Gasteiger partial charge in [-0.05, 0) is 72.1 Å². The third-order valence-electron chi connectivity index (χ3n) is 4.76. The van der Waals surface area contributed by atoms with E-state index >= 15 is 0 Å². The van der Waals surface area contributed by atoms with Gasteiger partial charge >= 0.3 is 0 Å². The molecule has 0 aliphatic heterocycles. The molecule has 0 aliphatic carbocycles. The Balaban J connectivity index is 2.12. The van der Waals surface area contributed by atoms with Gasteiger partial charge in [-0.3, -0.25) is 4.72 Å². The largest absolute Gasteiger partial charge is 0.506 e. The molecule has 7 nitrogen and oxygen atoms in total. The summed E-state index contributed by atoms with van der Waals surface area (Å²) in [6, 6.07) is 13.8. The maximum Gasteiger partial charge on any atom is 0.261 e. The van der Waals surface area contributed by atoms with E-state index in [4.69, 9.17) is 16.3 Å². The van der Waals surface area contributed by atoms with Crippen LogP contribution in [0.3, 0.4) is 0 Å². The van der Waals surface area contributed by atoms with Crippen LogP contribution in [-0.2, 0) is 19.9 Å². The maximum absolute atomic E-state index is 13.3. The summed E-state index contributed by atoms with van der Waals surface area (Å²) in [4.78, 5) is -0.510. The zero-order valence-corrected chi connectivity index (χ0v) is 19.9. The number of rotatable bonds is 7. The number of benzene rings is 3. The molecule has 0 atom stereocenters. The lowest BCUT2D eigenvalue weighted by molar-refractivity contribution is 0.414. The lowest BCUT2D eigenvalue weighted by atomic mass is 10.0. The first-order chi connectivity index (χ1) is 15.0. The monoisotopic (exact) mass is 495 g/mol. The van der Waals surface area contributed by atoms with Crippen LogP contribution in [0, 0.1) is 0 Å². The summed E-state index contributed by atoms with van der Waals surface area (Å²) in [5, 5.41) is 11.1. The van der Waals surface area contributed by atoms with Gasteiger partial charge < -0.3 is 9.84 Å². The average Bonchev–Trinajstić information content (AvgIpc) is 2.74. The van der Waals surface area contributed by atoms with E-state index in [1.807, 2.05) is 0 Å². The van der Waals surface area contributed by atoms with Crippen molar-refractivity contribution < 1.29 is 26.7 Å². The maximum atomic E-state index is 13.3. The van der Waals surface area contributed by atoms with Crippen LogP contribution in [0.1, 0.15) is 25.3 Å². The lowest BCUT2D eigenvalue weighted by Crippen LogP contribution is -2.14. The molecule has 0 saturated heterocycles. The molecule has 10 heteroatoms. The molecule has 0 saturated carbocycles. The molecule has 3 aromatic rings. The van der Waals surface area contributed by atoms with E-state index in [9.17, 15) is 21.9 Å². The molecular formula is C22H22ClNO6S2. The Labute approximate surface area is 192 Å². The molecule has 2 N–H and O–H groups in total. The second-order valence-corrected chi connectivity index (χ2v) is 11.3. The van der Waals surface area contributed by atoms with E-state index in [2.05, 4.69) is 4.72 Å². The van der Waals surface area contributed by atoms with Crippen molar-refractivity contribution in [3.05, 3.63) is 71.2 Å². The van der Waals surface area contributed by atoms with E-state index < -0.39 is 30.5 Å². The first kappa shape index (κ1) is 23.9. The van der Waals surface area contributed by atoms with Crippen LogP contribution in [0.15, 0.2) is 75.4 Å². The van der Waals surface area contributed by atoms with E-state index in [0.29, 0.717) is 10.8 Å². The Morgan fingerprint density at radius 2 is 1.47 bits per heavy atom. The van der Waals surface area contributed by atoms with Crippen molar-refractivity contribution in [3.63, 3.8) is 0 Å². The van der Waals surface area contributed by atoms with Gasteiger partial charge in [0, 0.05) is 5.02 Å². The minimum atomic E-state index is -4.16. The van der Waals surface area contributed by atoms with E-state index in [-0.39, 0.29) is 27.0 Å². The smallest absolute Gasteiger partial charge is 0.261 e. The summed E-state index contributed by atoms with van der Waals surface area (Å²) in [5.74, 6) is -0.231. The molecule has 0 aromatic heterocycles. The van der Waals surface area contributed by atoms with Crippen LogP contribution in [0.4, 0.5) is 5.69 Å². The molecule has 0 spiro atoms. The first-order valence-corrected chi connectivity index (χ1v) is 12.8. The topological polar surface area (TPSA) is 110 Å². The van der Waals surface area contributed by atoms with Crippen LogP contribution < -0.4 is 9.46 Å². The summed E-state index contributed by atoms with van der Waals surface area (Å²) in [6.07, 6.45) is 0. The van der Waals surface area contributed by atoms with Crippen molar-refractivity contribution in [2.24, 2.45) is 0 Å². The Morgan fingerprint density at radius 3 is 2.00 bits per heavy atom. The minimum absolute atomic E-state index is 0.00790. The normalized spacial score (nSPS) is 12.0. The van der Waals surface area contributed by atoms with Gasteiger partial charge in [0.25, 0.3) is 10.0 Å². The molecule has 3 aromatic carbocycles. The number of sulfonamides is 1. The highest BCUT2D eigenvalue weighted by Gasteiger charge is 2.26. The fourth-order valence-corrected chi connectivity index (χ4v) is 5.61. The molecule has 3 rings (SSSR count). The summed E-state index contributed by atoms with van der Waals surface area (Å²) < 4.78 is 59.6. The third kappa shape index (κ3) is 4.85. The average molecular weight is 496 g/mol. The number of halogens is 1. The molecule has 0 unspecified atom stereocenters. The summed E-state index contributed by atoms with van der Waals surface area (Å²) in [7, 11) is -6.72. The van der Waals surface area contributed by atoms with Crippen LogP contribution >= 0.6 is 11.6 Å². The highest BCUT2D eigenvalue weighted by molar-refractivity contribution is 7.92. The van der Waals surface area contributed by atoms with Gasteiger partial charge in [-0.25, -0.2) is 16.8 Å². The van der Waals surface area contributed by atoms with Crippen LogP contribution in [0.2, 0.25) is 5.02 Å². The standard InChI is InChI=1S/C22H22ClNO6S2/c1-14(2)20-12-16(24-32(28,29)19-8-4-15(23)5-9-19)13-21(22(20)25)31(26,27)18-10-6-17(30-3)7-11-18/h4-14,24-25H,1-3H3. The van der Waals surface area contributed by atoms with E-state index in [0.717, 1.165) is 6.07 Å². The van der Waals surface area contributed by atoms with Gasteiger partial charge in [-0.15, -0.1) is 0 Å². The fraction of sp³-hybridized carbons (Fsp3) is 0.182. The summed E-state index contributed by atoms with van der Waals surface area (Å²) >= 11 is 5.83. The molecule has 0 fully saturated rings. The van der Waals surface area contributed by atoms with Gasteiger partial charge in [0.1, 0.15) is 16.4 Å². The predicted molar refractivity (Wildman–Crippen MR) is 123 cm³/mol. The van der Waals surface area contributed by atoms with Gasteiger partial charge in [-0.1, -0.05) is 25.4 Å². The molecule has 0 amide bonds. The molecular weight excluding hydrogens is 474 g/mol. The number of nitrogens with one attached hydrogen (secondary N) is 1. The Kier molecular flexibility index (Phi) is 6.73. The number of phenolic OH excluding ortho intramolecular Hbond substituents is 1. The second kappa shape index (κ2) is 9.01. The summed E-state index contributed by atoms with van der Waals surface area (Å²) in [6.45, 7) is 3.52. The molecule has 0 radical (unpaired) electrons. The minimum Gasteiger partial charge on any atom is -0.506 e. The van der Waals surface area contributed by atoms with Crippen LogP contribution in [0.25, 0.3) is 0 Å². The zero-order valence-electron chi connectivity index (χ0n) is 17.5. The van der Waals surface area contributed by atoms with Gasteiger partial charge in [0.15, 0.2) is 0 Å². The Morgan fingerprint density at radius 1 is 0.906 bits per heavy atom. The quantitative estimate of drug-likeness (QED) is 0.455. The zero-order chi connectivity index (χ0) is 23.7. The van der Waals surface area contributed by atoms with Crippen molar-refractivity contribution in [2.45, 2.75) is 34.5 Å². The number of hydrogen-bond acceptors (Lipinski definition) is 6. The van der Waals surface area contributed by atoms with Gasteiger partial charge in [-0.2, -0.15) is 0 Å². The van der Waals surface area contributed by atoms with Crippen molar-refractivity contribution >= 4 is 37.1 Å². The van der Waals surface area contributed by atoms with Gasteiger partial charge in [0.2, 0.25) is 9.84 Å². The third-order valence-corrected chi connectivity index (χ3v) is 8.19. The number of sulfone groups is 1. The highest BCUT2D eigenvalue weighted by atomic mass is 35.5. The number of ether oxygens (including phenoxy) is 1. The highest BCUT2D eigenvalue weighted by Crippen LogP contribution is 2.38. The number of hydrogen-bond donors (Lipinski definition) is 2. The summed E-state index contributed by atoms with van der Waals surface area (Å²) in [5.41, 5.74) is 0.293. The first-order valence-electron chi connectivity index (χ1n) is 9.50. The molecule has 0 bridgehead atoms. The number of anilines is 1. The van der Waals surface area contributed by atoms with E-state index in [1.165, 1.54) is 61.7 Å². The van der Waals surface area contributed by atoms with Crippen molar-refractivity contribution in [2.75, 3.05) is 11.8 Å². The SMILES string of the molecule is COc1ccc(S(=O)(=O)c2cc(NS(=O)(=O)c3ccc(Cl)cc3)cc(C(C)C)c2O)cc1. The van der Waals surface area contributed by atoms with Gasteiger partial charge in [0.05, 0.1) is 22.6 Å². The Bertz CT molecular complexity index is 1330. The number of methoxy groups -OCH3 is 1. The predicted octanol–water partition coefficient (Wildman–Crippen LogP) is 4.81. The van der Waals surface area contributed by atoms with E-state index in [1.54, 1.807) is 13.8 Å². The fourth-order valence-electron chi connectivity index (χ4n) is 3.04. The number of aromatic hydroxyl groups is 1. The number of phenols is 1. The molecule has 0 heterocycles. The van der Waals surface area contributed by atoms with Crippen molar-refractivity contribution in [1.82, 2.24) is 0 Å². The second-order valence-electron chi connectivity index (χ2n) is 7.31. The van der Waals surface area contributed by atoms with Crippen LogP contribution in [0.5, 0.6) is 11.5 Å². The lowest BCUT2D eigenvalue weighted by Gasteiger charge is -2.17. The molecule has 32 heavy (non-hydrogen) atoms. The molecule has 0 aliphatic rings. The van der Waals surface area contributed by atoms with Crippen molar-refractivity contribution in [3.8, 4) is 11.5 Å². The van der Waals surface area contributed by atoms with Crippen molar-refractivity contribution in [1.29, 1.82) is 0 Å².